The highest BCUT2D eigenvalue weighted by molar-refractivity contribution is 7.90. The monoisotopic (exact) mass is 383 g/mol. The highest BCUT2D eigenvalue weighted by Gasteiger charge is 2.24. The van der Waals surface area contributed by atoms with Crippen molar-refractivity contribution in [1.29, 1.82) is 0 Å². The smallest absolute Gasteiger partial charge is 0.339 e. The number of halogens is 1. The van der Waals surface area contributed by atoms with E-state index in [0.717, 1.165) is 0 Å². The molecule has 0 atom stereocenters. The Labute approximate surface area is 149 Å². The molecule has 0 aliphatic carbocycles. The zero-order valence-electron chi connectivity index (χ0n) is 13.0. The molecule has 0 radical (unpaired) electrons. The molecule has 1 heterocycles. The summed E-state index contributed by atoms with van der Waals surface area (Å²) in [4.78, 5) is 27.2. The van der Waals surface area contributed by atoms with E-state index in [0.29, 0.717) is 5.02 Å². The van der Waals surface area contributed by atoms with Gasteiger partial charge in [-0.2, -0.15) is 0 Å². The van der Waals surface area contributed by atoms with Crippen molar-refractivity contribution in [3.63, 3.8) is 0 Å². The standard InChI is InChI=1S/C15H14ClN3O5S/c1-2-24-14(20)11-5-3-4-6-12(11)25(22,23)19-15(21)18-13-8-7-10(16)9-17-13/h3-9H,2H2,1H3,(H2,17,18,19,21). The van der Waals surface area contributed by atoms with Crippen LogP contribution in [0.5, 0.6) is 0 Å². The lowest BCUT2D eigenvalue weighted by molar-refractivity contribution is 0.0521. The van der Waals surface area contributed by atoms with Gasteiger partial charge in [0.05, 0.1) is 17.2 Å². The number of ether oxygens (including phenoxy) is 1. The number of pyridine rings is 1. The van der Waals surface area contributed by atoms with Gasteiger partial charge < -0.3 is 4.74 Å². The number of urea groups is 1. The Morgan fingerprint density at radius 1 is 1.20 bits per heavy atom. The van der Waals surface area contributed by atoms with Crippen molar-refractivity contribution in [2.45, 2.75) is 11.8 Å². The summed E-state index contributed by atoms with van der Waals surface area (Å²) in [6.07, 6.45) is 1.29. The third-order valence-electron chi connectivity index (χ3n) is 2.87. The number of amides is 2. The number of hydrogen-bond acceptors (Lipinski definition) is 6. The molecule has 2 rings (SSSR count). The number of carbonyl (C=O) groups is 2. The lowest BCUT2D eigenvalue weighted by atomic mass is 10.2. The number of sulfonamides is 1. The number of nitrogens with zero attached hydrogens (tertiary/aromatic N) is 1. The van der Waals surface area contributed by atoms with Crippen LogP contribution in [0.2, 0.25) is 5.02 Å². The summed E-state index contributed by atoms with van der Waals surface area (Å²) in [6, 6.07) is 7.26. The van der Waals surface area contributed by atoms with Crippen LogP contribution in [0.1, 0.15) is 17.3 Å². The zero-order chi connectivity index (χ0) is 18.4. The zero-order valence-corrected chi connectivity index (χ0v) is 14.6. The van der Waals surface area contributed by atoms with Crippen LogP contribution in [0.25, 0.3) is 0 Å². The van der Waals surface area contributed by atoms with Crippen LogP contribution in [0, 0.1) is 0 Å². The molecule has 0 aliphatic rings. The van der Waals surface area contributed by atoms with Crippen LogP contribution < -0.4 is 10.0 Å². The third kappa shape index (κ3) is 4.91. The Morgan fingerprint density at radius 2 is 1.92 bits per heavy atom. The maximum Gasteiger partial charge on any atom is 0.339 e. The van der Waals surface area contributed by atoms with Crippen LogP contribution in [0.3, 0.4) is 0 Å². The molecule has 132 valence electrons. The van der Waals surface area contributed by atoms with Gasteiger partial charge in [-0.05, 0) is 31.2 Å². The molecule has 0 fully saturated rings. The van der Waals surface area contributed by atoms with Crippen molar-refractivity contribution in [3.8, 4) is 0 Å². The third-order valence-corrected chi connectivity index (χ3v) is 4.48. The summed E-state index contributed by atoms with van der Waals surface area (Å²) in [5.74, 6) is -0.695. The lowest BCUT2D eigenvalue weighted by Gasteiger charge is -2.11. The number of carbonyl (C=O) groups excluding carboxylic acids is 2. The van der Waals surface area contributed by atoms with Gasteiger partial charge in [0.15, 0.2) is 0 Å². The fourth-order valence-corrected chi connectivity index (χ4v) is 3.06. The van der Waals surface area contributed by atoms with Crippen molar-refractivity contribution in [3.05, 3.63) is 53.2 Å². The summed E-state index contributed by atoms with van der Waals surface area (Å²) in [7, 11) is -4.30. The maximum absolute atomic E-state index is 12.4. The second kappa shape index (κ2) is 7.95. The molecule has 0 spiro atoms. The molecule has 10 heteroatoms. The Morgan fingerprint density at radius 3 is 2.56 bits per heavy atom. The summed E-state index contributed by atoms with van der Waals surface area (Å²) < 4.78 is 31.4. The maximum atomic E-state index is 12.4. The normalized spacial score (nSPS) is 10.8. The number of nitrogens with one attached hydrogen (secondary N) is 2. The second-order valence-corrected chi connectivity index (χ2v) is 6.73. The molecule has 2 amide bonds. The minimum Gasteiger partial charge on any atom is -0.462 e. The van der Waals surface area contributed by atoms with Gasteiger partial charge in [0.2, 0.25) is 0 Å². The van der Waals surface area contributed by atoms with E-state index in [1.165, 1.54) is 42.6 Å². The molecule has 2 N–H and O–H groups in total. The fourth-order valence-electron chi connectivity index (χ4n) is 1.85. The molecule has 25 heavy (non-hydrogen) atoms. The molecule has 0 saturated carbocycles. The van der Waals surface area contributed by atoms with Crippen LogP contribution in [0.15, 0.2) is 47.5 Å². The molecule has 1 aromatic carbocycles. The van der Waals surface area contributed by atoms with Crippen molar-refractivity contribution in [2.24, 2.45) is 0 Å². The minimum absolute atomic E-state index is 0.0867. The van der Waals surface area contributed by atoms with E-state index in [2.05, 4.69) is 10.3 Å². The van der Waals surface area contributed by atoms with Gasteiger partial charge >= 0.3 is 12.0 Å². The number of hydrogen-bond donors (Lipinski definition) is 2. The molecule has 8 nitrogen and oxygen atoms in total. The first-order valence-electron chi connectivity index (χ1n) is 7.05. The van der Waals surface area contributed by atoms with Crippen LogP contribution >= 0.6 is 11.6 Å². The lowest BCUT2D eigenvalue weighted by Crippen LogP contribution is -2.35. The van der Waals surface area contributed by atoms with E-state index in [1.807, 2.05) is 4.72 Å². The first-order valence-corrected chi connectivity index (χ1v) is 8.91. The van der Waals surface area contributed by atoms with Gasteiger partial charge in [-0.25, -0.2) is 27.7 Å². The quantitative estimate of drug-likeness (QED) is 0.766. The summed E-state index contributed by atoms with van der Waals surface area (Å²) >= 11 is 5.68. The van der Waals surface area contributed by atoms with Gasteiger partial charge in [-0.3, -0.25) is 5.32 Å². The van der Waals surface area contributed by atoms with Crippen molar-refractivity contribution in [2.75, 3.05) is 11.9 Å². The average Bonchev–Trinajstić information content (AvgIpc) is 2.56. The van der Waals surface area contributed by atoms with E-state index in [9.17, 15) is 18.0 Å². The second-order valence-electron chi connectivity index (χ2n) is 4.64. The molecule has 2 aromatic rings. The largest absolute Gasteiger partial charge is 0.462 e. The average molecular weight is 384 g/mol. The number of aromatic nitrogens is 1. The van der Waals surface area contributed by atoms with Crippen molar-refractivity contribution < 1.29 is 22.7 Å². The first-order chi connectivity index (χ1) is 11.8. The van der Waals surface area contributed by atoms with Crippen LogP contribution in [-0.4, -0.2) is 32.0 Å². The van der Waals surface area contributed by atoms with Crippen LogP contribution in [0.4, 0.5) is 10.6 Å². The fraction of sp³-hybridized carbons (Fsp3) is 0.133. The number of anilines is 1. The van der Waals surface area contributed by atoms with Gasteiger partial charge in [-0.15, -0.1) is 0 Å². The van der Waals surface area contributed by atoms with E-state index >= 15 is 0 Å². The molecular formula is C15H14ClN3O5S. The number of esters is 1. The Balaban J connectivity index is 2.20. The van der Waals surface area contributed by atoms with E-state index < -0.39 is 22.0 Å². The molecule has 0 aliphatic heterocycles. The van der Waals surface area contributed by atoms with Crippen molar-refractivity contribution >= 4 is 39.4 Å². The summed E-state index contributed by atoms with van der Waals surface area (Å²) in [5, 5.41) is 2.62. The number of benzene rings is 1. The number of rotatable bonds is 5. The first kappa shape index (κ1) is 18.7. The Bertz CT molecular complexity index is 884. The predicted octanol–water partition coefficient (Wildman–Crippen LogP) is 2.42. The van der Waals surface area contributed by atoms with E-state index in [1.54, 1.807) is 6.92 Å². The molecule has 0 saturated heterocycles. The van der Waals surface area contributed by atoms with Gasteiger partial charge in [0, 0.05) is 6.20 Å². The van der Waals surface area contributed by atoms with Crippen molar-refractivity contribution in [1.82, 2.24) is 9.71 Å². The summed E-state index contributed by atoms with van der Waals surface area (Å²) in [6.45, 7) is 1.68. The Kier molecular flexibility index (Phi) is 5.94. The van der Waals surface area contributed by atoms with E-state index in [-0.39, 0.29) is 22.9 Å². The molecule has 1 aromatic heterocycles. The van der Waals surface area contributed by atoms with Gasteiger partial charge in [0.1, 0.15) is 10.7 Å². The molecule has 0 bridgehead atoms. The SMILES string of the molecule is CCOC(=O)c1ccccc1S(=O)(=O)NC(=O)Nc1ccc(Cl)cn1. The summed E-state index contributed by atoms with van der Waals surface area (Å²) in [5.41, 5.74) is -0.172. The minimum atomic E-state index is -4.30. The highest BCUT2D eigenvalue weighted by Crippen LogP contribution is 2.17. The predicted molar refractivity (Wildman–Crippen MR) is 91.0 cm³/mol. The highest BCUT2D eigenvalue weighted by atomic mass is 35.5. The topological polar surface area (TPSA) is 114 Å². The van der Waals surface area contributed by atoms with Gasteiger partial charge in [-0.1, -0.05) is 23.7 Å². The van der Waals surface area contributed by atoms with Crippen LogP contribution in [-0.2, 0) is 14.8 Å². The molecule has 0 unspecified atom stereocenters. The Hall–Kier alpha value is -2.65. The van der Waals surface area contributed by atoms with E-state index in [4.69, 9.17) is 16.3 Å². The molecular weight excluding hydrogens is 370 g/mol. The van der Waals surface area contributed by atoms with Gasteiger partial charge in [0.25, 0.3) is 10.0 Å².